The zero-order valence-electron chi connectivity index (χ0n) is 10.6. The van der Waals surface area contributed by atoms with Crippen LogP contribution in [0.1, 0.15) is 5.56 Å². The van der Waals surface area contributed by atoms with Crippen molar-refractivity contribution in [2.45, 2.75) is 6.61 Å². The van der Waals surface area contributed by atoms with Gasteiger partial charge in [0.1, 0.15) is 11.5 Å². The van der Waals surface area contributed by atoms with Crippen LogP contribution in [0, 0.1) is 0 Å². The molecule has 0 atom stereocenters. The van der Waals surface area contributed by atoms with Crippen LogP contribution in [0.4, 0.5) is 0 Å². The molecule has 20 heavy (non-hydrogen) atoms. The Morgan fingerprint density at radius 2 is 1.85 bits per heavy atom. The van der Waals surface area contributed by atoms with Gasteiger partial charge in [-0.25, -0.2) is 0 Å². The fourth-order valence-electron chi connectivity index (χ4n) is 1.97. The monoisotopic (exact) mass is 329 g/mol. The van der Waals surface area contributed by atoms with Crippen molar-refractivity contribution in [3.8, 4) is 11.5 Å². The number of aliphatic hydroxyl groups excluding tert-OH is 1. The third-order valence-electron chi connectivity index (χ3n) is 3.01. The minimum absolute atomic E-state index is 0.000752. The summed E-state index contributed by atoms with van der Waals surface area (Å²) >= 11 is 3.41. The van der Waals surface area contributed by atoms with E-state index in [2.05, 4.69) is 20.9 Å². The number of rotatable bonds is 3. The molecule has 1 N–H and O–H groups in total. The van der Waals surface area contributed by atoms with Gasteiger partial charge >= 0.3 is 0 Å². The average Bonchev–Trinajstić information content (AvgIpc) is 2.47. The normalized spacial score (nSPS) is 10.7. The molecule has 0 bridgehead atoms. The number of nitrogens with zero attached hydrogens (tertiary/aromatic N) is 1. The van der Waals surface area contributed by atoms with Crippen molar-refractivity contribution in [3.05, 3.63) is 64.8 Å². The lowest BCUT2D eigenvalue weighted by atomic mass is 10.2. The SMILES string of the molecule is OCc1ccc(Oc2ccc3cccnc3c2)cc1Br. The molecular weight excluding hydrogens is 318 g/mol. The molecule has 100 valence electrons. The molecule has 3 aromatic rings. The number of hydrogen-bond donors (Lipinski definition) is 1. The Hall–Kier alpha value is -1.91. The number of halogens is 1. The van der Waals surface area contributed by atoms with Crippen LogP contribution < -0.4 is 4.74 Å². The maximum absolute atomic E-state index is 9.14. The molecular formula is C16H12BrNO2. The molecule has 3 nitrogen and oxygen atoms in total. The Bertz CT molecular complexity index is 758. The van der Waals surface area contributed by atoms with Crippen molar-refractivity contribution in [3.63, 3.8) is 0 Å². The molecule has 0 saturated heterocycles. The lowest BCUT2D eigenvalue weighted by Gasteiger charge is -2.08. The smallest absolute Gasteiger partial charge is 0.129 e. The summed E-state index contributed by atoms with van der Waals surface area (Å²) in [6.45, 7) is 0.000752. The van der Waals surface area contributed by atoms with Gasteiger partial charge in [0.15, 0.2) is 0 Å². The Balaban J connectivity index is 1.90. The average molecular weight is 330 g/mol. The molecule has 3 rings (SSSR count). The van der Waals surface area contributed by atoms with E-state index in [1.807, 2.05) is 48.5 Å². The molecule has 1 aromatic heterocycles. The van der Waals surface area contributed by atoms with Gasteiger partial charge in [0, 0.05) is 22.1 Å². The van der Waals surface area contributed by atoms with Gasteiger partial charge in [0.05, 0.1) is 12.1 Å². The molecule has 0 aliphatic carbocycles. The van der Waals surface area contributed by atoms with E-state index < -0.39 is 0 Å². The van der Waals surface area contributed by atoms with Crippen molar-refractivity contribution < 1.29 is 9.84 Å². The Morgan fingerprint density at radius 3 is 2.65 bits per heavy atom. The third-order valence-corrected chi connectivity index (χ3v) is 3.75. The molecule has 0 fully saturated rings. The van der Waals surface area contributed by atoms with Gasteiger partial charge in [-0.05, 0) is 35.9 Å². The van der Waals surface area contributed by atoms with E-state index in [1.165, 1.54) is 0 Å². The molecule has 2 aromatic carbocycles. The van der Waals surface area contributed by atoms with Crippen molar-refractivity contribution >= 4 is 26.8 Å². The van der Waals surface area contributed by atoms with Crippen molar-refractivity contribution in [2.75, 3.05) is 0 Å². The van der Waals surface area contributed by atoms with Crippen molar-refractivity contribution in [1.29, 1.82) is 0 Å². The van der Waals surface area contributed by atoms with E-state index in [-0.39, 0.29) is 6.61 Å². The summed E-state index contributed by atoms with van der Waals surface area (Å²) in [6, 6.07) is 15.2. The summed E-state index contributed by atoms with van der Waals surface area (Å²) in [5.74, 6) is 1.45. The molecule has 0 spiro atoms. The van der Waals surface area contributed by atoms with Crippen molar-refractivity contribution in [2.24, 2.45) is 0 Å². The van der Waals surface area contributed by atoms with Crippen LogP contribution in [0.2, 0.25) is 0 Å². The van der Waals surface area contributed by atoms with Crippen LogP contribution in [-0.4, -0.2) is 10.1 Å². The molecule has 0 amide bonds. The minimum atomic E-state index is 0.000752. The second kappa shape index (κ2) is 5.61. The van der Waals surface area contributed by atoms with E-state index in [0.717, 1.165) is 26.7 Å². The number of pyridine rings is 1. The highest BCUT2D eigenvalue weighted by atomic mass is 79.9. The summed E-state index contributed by atoms with van der Waals surface area (Å²) in [6.07, 6.45) is 1.76. The molecule has 0 saturated carbocycles. The summed E-state index contributed by atoms with van der Waals surface area (Å²) in [5.41, 5.74) is 1.73. The summed E-state index contributed by atoms with van der Waals surface area (Å²) < 4.78 is 6.65. The molecule has 1 heterocycles. The quantitative estimate of drug-likeness (QED) is 0.779. The van der Waals surface area contributed by atoms with E-state index in [0.29, 0.717) is 5.75 Å². The molecule has 4 heteroatoms. The number of aromatic nitrogens is 1. The predicted octanol–water partition coefficient (Wildman–Crippen LogP) is 4.28. The van der Waals surface area contributed by atoms with Gasteiger partial charge in [0.2, 0.25) is 0 Å². The number of aliphatic hydroxyl groups is 1. The van der Waals surface area contributed by atoms with Crippen LogP contribution in [0.15, 0.2) is 59.2 Å². The Kier molecular flexibility index (Phi) is 3.67. The topological polar surface area (TPSA) is 42.4 Å². The first kappa shape index (κ1) is 13.1. The molecule has 0 radical (unpaired) electrons. The summed E-state index contributed by atoms with van der Waals surface area (Å²) in [5, 5.41) is 10.2. The first-order chi connectivity index (χ1) is 9.76. The van der Waals surface area contributed by atoms with E-state index in [4.69, 9.17) is 9.84 Å². The fourth-order valence-corrected chi connectivity index (χ4v) is 2.45. The number of benzene rings is 2. The fraction of sp³-hybridized carbons (Fsp3) is 0.0625. The lowest BCUT2D eigenvalue weighted by molar-refractivity contribution is 0.281. The first-order valence-electron chi connectivity index (χ1n) is 6.18. The van der Waals surface area contributed by atoms with Crippen LogP contribution in [0.3, 0.4) is 0 Å². The maximum Gasteiger partial charge on any atom is 0.129 e. The third kappa shape index (κ3) is 2.66. The van der Waals surface area contributed by atoms with Crippen LogP contribution >= 0.6 is 15.9 Å². The molecule has 0 unspecified atom stereocenters. The summed E-state index contributed by atoms with van der Waals surface area (Å²) in [4.78, 5) is 4.31. The number of hydrogen-bond acceptors (Lipinski definition) is 3. The van der Waals surface area contributed by atoms with Crippen LogP contribution in [0.25, 0.3) is 10.9 Å². The first-order valence-corrected chi connectivity index (χ1v) is 6.97. The van der Waals surface area contributed by atoms with E-state index in [9.17, 15) is 0 Å². The Labute approximate surface area is 125 Å². The maximum atomic E-state index is 9.14. The van der Waals surface area contributed by atoms with Crippen molar-refractivity contribution in [1.82, 2.24) is 4.98 Å². The van der Waals surface area contributed by atoms with Gasteiger partial charge < -0.3 is 9.84 Å². The molecule has 0 aliphatic rings. The van der Waals surface area contributed by atoms with Gasteiger partial charge in [-0.3, -0.25) is 4.98 Å². The standard InChI is InChI=1S/C16H12BrNO2/c17-15-8-13(6-4-12(15)10-19)20-14-5-3-11-2-1-7-18-16(11)9-14/h1-9,19H,10H2. The van der Waals surface area contributed by atoms with Crippen LogP contribution in [-0.2, 0) is 6.61 Å². The summed E-state index contributed by atoms with van der Waals surface area (Å²) in [7, 11) is 0. The zero-order valence-corrected chi connectivity index (χ0v) is 12.2. The van der Waals surface area contributed by atoms with Gasteiger partial charge in [0.25, 0.3) is 0 Å². The highest BCUT2D eigenvalue weighted by Crippen LogP contribution is 2.28. The van der Waals surface area contributed by atoms with Gasteiger partial charge in [-0.15, -0.1) is 0 Å². The van der Waals surface area contributed by atoms with Gasteiger partial charge in [-0.2, -0.15) is 0 Å². The Morgan fingerprint density at radius 1 is 1.05 bits per heavy atom. The lowest BCUT2D eigenvalue weighted by Crippen LogP contribution is -1.89. The van der Waals surface area contributed by atoms with E-state index in [1.54, 1.807) is 6.20 Å². The highest BCUT2D eigenvalue weighted by Gasteiger charge is 2.03. The van der Waals surface area contributed by atoms with Gasteiger partial charge in [-0.1, -0.05) is 28.1 Å². The van der Waals surface area contributed by atoms with Crippen LogP contribution in [0.5, 0.6) is 11.5 Å². The minimum Gasteiger partial charge on any atom is -0.457 e. The predicted molar refractivity (Wildman–Crippen MR) is 81.9 cm³/mol. The largest absolute Gasteiger partial charge is 0.457 e. The number of fused-ring (bicyclic) bond motifs is 1. The highest BCUT2D eigenvalue weighted by molar-refractivity contribution is 9.10. The second-order valence-corrected chi connectivity index (χ2v) is 5.23. The number of ether oxygens (including phenoxy) is 1. The zero-order chi connectivity index (χ0) is 13.9. The van der Waals surface area contributed by atoms with E-state index >= 15 is 0 Å². The molecule has 0 aliphatic heterocycles. The second-order valence-electron chi connectivity index (χ2n) is 4.37.